The second-order valence-electron chi connectivity index (χ2n) is 4.39. The van der Waals surface area contributed by atoms with E-state index in [1.165, 1.54) is 32.1 Å². The Morgan fingerprint density at radius 1 is 1.25 bits per heavy atom. The van der Waals surface area contributed by atoms with Crippen LogP contribution >= 0.6 is 0 Å². The molecule has 0 saturated heterocycles. The van der Waals surface area contributed by atoms with Gasteiger partial charge in [-0.05, 0) is 31.0 Å². The number of nitrogen functional groups attached to an aromatic ring is 1. The molecule has 1 aromatic carbocycles. The number of nitrogens with one attached hydrogen (secondary N) is 1. The van der Waals surface area contributed by atoms with Crippen LogP contribution in [0, 0.1) is 11.3 Å². The van der Waals surface area contributed by atoms with Crippen LogP contribution in [0.15, 0.2) is 18.2 Å². The Balaban J connectivity index is 2.06. The number of nitriles is 1. The van der Waals surface area contributed by atoms with Crippen LogP contribution in [0.2, 0.25) is 0 Å². The summed E-state index contributed by atoms with van der Waals surface area (Å²) in [7, 11) is 0. The van der Waals surface area contributed by atoms with Crippen molar-refractivity contribution in [3.63, 3.8) is 0 Å². The van der Waals surface area contributed by atoms with Crippen LogP contribution in [0.25, 0.3) is 0 Å². The van der Waals surface area contributed by atoms with Crippen molar-refractivity contribution in [3.05, 3.63) is 23.8 Å². The molecule has 0 radical (unpaired) electrons. The highest BCUT2D eigenvalue weighted by Crippen LogP contribution is 2.23. The third-order valence-corrected chi connectivity index (χ3v) is 3.15. The van der Waals surface area contributed by atoms with Gasteiger partial charge in [-0.2, -0.15) is 5.26 Å². The molecule has 0 bridgehead atoms. The standard InChI is InChI=1S/C13H17N3/c14-9-10-8-12(6-7-13(10)15)16-11-4-2-1-3-5-11/h6-8,11,16H,1-5,15H2. The van der Waals surface area contributed by atoms with Crippen molar-refractivity contribution in [2.75, 3.05) is 11.1 Å². The molecule has 0 amide bonds. The molecule has 2 rings (SSSR count). The molecule has 0 heterocycles. The van der Waals surface area contributed by atoms with Gasteiger partial charge in [0.2, 0.25) is 0 Å². The lowest BCUT2D eigenvalue weighted by Gasteiger charge is -2.24. The number of hydrogen-bond donors (Lipinski definition) is 2. The first-order chi connectivity index (χ1) is 7.79. The van der Waals surface area contributed by atoms with Gasteiger partial charge in [-0.3, -0.25) is 0 Å². The van der Waals surface area contributed by atoms with E-state index in [1.807, 2.05) is 12.1 Å². The molecule has 3 nitrogen and oxygen atoms in total. The van der Waals surface area contributed by atoms with Gasteiger partial charge in [0.25, 0.3) is 0 Å². The van der Waals surface area contributed by atoms with E-state index in [0.717, 1.165) is 5.69 Å². The maximum atomic E-state index is 8.89. The van der Waals surface area contributed by atoms with Gasteiger partial charge in [0.1, 0.15) is 6.07 Å². The molecule has 1 fully saturated rings. The van der Waals surface area contributed by atoms with Crippen molar-refractivity contribution < 1.29 is 0 Å². The lowest BCUT2D eigenvalue weighted by atomic mass is 9.95. The fourth-order valence-electron chi connectivity index (χ4n) is 2.23. The molecule has 1 aromatic rings. The Morgan fingerprint density at radius 3 is 2.69 bits per heavy atom. The van der Waals surface area contributed by atoms with E-state index < -0.39 is 0 Å². The molecule has 0 aromatic heterocycles. The molecule has 0 aliphatic heterocycles. The Morgan fingerprint density at radius 2 is 2.00 bits per heavy atom. The average molecular weight is 215 g/mol. The van der Waals surface area contributed by atoms with Crippen LogP contribution in [0.4, 0.5) is 11.4 Å². The minimum atomic E-state index is 0.552. The van der Waals surface area contributed by atoms with E-state index in [2.05, 4.69) is 11.4 Å². The number of benzene rings is 1. The summed E-state index contributed by atoms with van der Waals surface area (Å²) >= 11 is 0. The quantitative estimate of drug-likeness (QED) is 0.746. The summed E-state index contributed by atoms with van der Waals surface area (Å²) in [5.41, 5.74) is 7.80. The average Bonchev–Trinajstić information content (AvgIpc) is 2.33. The summed E-state index contributed by atoms with van der Waals surface area (Å²) in [6.07, 6.45) is 6.41. The molecule has 3 heteroatoms. The number of nitrogens with zero attached hydrogens (tertiary/aromatic N) is 1. The highest BCUT2D eigenvalue weighted by molar-refractivity contribution is 5.62. The van der Waals surface area contributed by atoms with Gasteiger partial charge in [-0.25, -0.2) is 0 Å². The highest BCUT2D eigenvalue weighted by atomic mass is 14.9. The largest absolute Gasteiger partial charge is 0.398 e. The predicted molar refractivity (Wildman–Crippen MR) is 66.1 cm³/mol. The van der Waals surface area contributed by atoms with Gasteiger partial charge < -0.3 is 11.1 Å². The molecular weight excluding hydrogens is 198 g/mol. The summed E-state index contributed by atoms with van der Waals surface area (Å²) < 4.78 is 0. The van der Waals surface area contributed by atoms with Crippen molar-refractivity contribution in [1.82, 2.24) is 0 Å². The smallest absolute Gasteiger partial charge is 0.101 e. The molecule has 1 aliphatic rings. The van der Waals surface area contributed by atoms with Crippen LogP contribution < -0.4 is 11.1 Å². The lowest BCUT2D eigenvalue weighted by Crippen LogP contribution is -2.22. The molecule has 0 atom stereocenters. The molecule has 1 saturated carbocycles. The number of rotatable bonds is 2. The SMILES string of the molecule is N#Cc1cc(NC2CCCCC2)ccc1N. The first-order valence-corrected chi connectivity index (χ1v) is 5.86. The molecule has 0 spiro atoms. The van der Waals surface area contributed by atoms with E-state index >= 15 is 0 Å². The van der Waals surface area contributed by atoms with Gasteiger partial charge in [0, 0.05) is 17.4 Å². The van der Waals surface area contributed by atoms with Crippen LogP contribution in [-0.4, -0.2) is 6.04 Å². The van der Waals surface area contributed by atoms with E-state index in [9.17, 15) is 0 Å². The molecule has 3 N–H and O–H groups in total. The highest BCUT2D eigenvalue weighted by Gasteiger charge is 2.13. The molecule has 16 heavy (non-hydrogen) atoms. The summed E-state index contributed by atoms with van der Waals surface area (Å²) in [6.45, 7) is 0. The summed E-state index contributed by atoms with van der Waals surface area (Å²) in [6, 6.07) is 8.25. The summed E-state index contributed by atoms with van der Waals surface area (Å²) in [5, 5.41) is 12.4. The maximum absolute atomic E-state index is 8.89. The molecule has 1 aliphatic carbocycles. The number of nitrogens with two attached hydrogens (primary N) is 1. The van der Waals surface area contributed by atoms with Gasteiger partial charge in [0.05, 0.1) is 5.56 Å². The molecule has 84 valence electrons. The lowest BCUT2D eigenvalue weighted by molar-refractivity contribution is 0.463. The molecular formula is C13H17N3. The van der Waals surface area contributed by atoms with E-state index in [-0.39, 0.29) is 0 Å². The van der Waals surface area contributed by atoms with Gasteiger partial charge in [0.15, 0.2) is 0 Å². The maximum Gasteiger partial charge on any atom is 0.101 e. The van der Waals surface area contributed by atoms with Gasteiger partial charge in [-0.1, -0.05) is 19.3 Å². The Labute approximate surface area is 96.3 Å². The number of hydrogen-bond acceptors (Lipinski definition) is 3. The minimum Gasteiger partial charge on any atom is -0.398 e. The topological polar surface area (TPSA) is 61.8 Å². The van der Waals surface area contributed by atoms with Crippen molar-refractivity contribution in [1.29, 1.82) is 5.26 Å². The zero-order chi connectivity index (χ0) is 11.4. The first-order valence-electron chi connectivity index (χ1n) is 5.86. The van der Waals surface area contributed by atoms with Gasteiger partial charge >= 0.3 is 0 Å². The summed E-state index contributed by atoms with van der Waals surface area (Å²) in [4.78, 5) is 0. The fraction of sp³-hybridized carbons (Fsp3) is 0.462. The third-order valence-electron chi connectivity index (χ3n) is 3.15. The zero-order valence-corrected chi connectivity index (χ0v) is 9.37. The predicted octanol–water partition coefficient (Wildman–Crippen LogP) is 2.89. The van der Waals surface area contributed by atoms with E-state index in [0.29, 0.717) is 17.3 Å². The number of anilines is 2. The van der Waals surface area contributed by atoms with Crippen LogP contribution in [0.5, 0.6) is 0 Å². The van der Waals surface area contributed by atoms with Crippen molar-refractivity contribution in [2.45, 2.75) is 38.1 Å². The second-order valence-corrected chi connectivity index (χ2v) is 4.39. The fourth-order valence-corrected chi connectivity index (χ4v) is 2.23. The summed E-state index contributed by atoms with van der Waals surface area (Å²) in [5.74, 6) is 0. The Bertz CT molecular complexity index is 400. The minimum absolute atomic E-state index is 0.552. The third kappa shape index (κ3) is 2.46. The van der Waals surface area contributed by atoms with Crippen molar-refractivity contribution in [2.24, 2.45) is 0 Å². The Kier molecular flexibility index (Phi) is 3.31. The van der Waals surface area contributed by atoms with Crippen LogP contribution in [-0.2, 0) is 0 Å². The van der Waals surface area contributed by atoms with Crippen LogP contribution in [0.1, 0.15) is 37.7 Å². The van der Waals surface area contributed by atoms with Gasteiger partial charge in [-0.15, -0.1) is 0 Å². The first kappa shape index (κ1) is 10.8. The van der Waals surface area contributed by atoms with Crippen molar-refractivity contribution in [3.8, 4) is 6.07 Å². The normalized spacial score (nSPS) is 16.7. The monoisotopic (exact) mass is 215 g/mol. The van der Waals surface area contributed by atoms with E-state index in [4.69, 9.17) is 11.0 Å². The van der Waals surface area contributed by atoms with E-state index in [1.54, 1.807) is 6.07 Å². The zero-order valence-electron chi connectivity index (χ0n) is 9.37. The second kappa shape index (κ2) is 4.89. The Hall–Kier alpha value is -1.69. The van der Waals surface area contributed by atoms with Crippen molar-refractivity contribution >= 4 is 11.4 Å². The van der Waals surface area contributed by atoms with Crippen LogP contribution in [0.3, 0.4) is 0 Å². The molecule has 0 unspecified atom stereocenters.